The number of methoxy groups -OCH3 is 1. The molecule has 0 atom stereocenters. The van der Waals surface area contributed by atoms with Crippen LogP contribution in [-0.4, -0.2) is 41.7 Å². The smallest absolute Gasteiger partial charge is 0.257 e. The minimum Gasteiger partial charge on any atom is -0.495 e. The highest BCUT2D eigenvalue weighted by Gasteiger charge is 2.20. The number of rotatable bonds is 6. The van der Waals surface area contributed by atoms with Crippen molar-refractivity contribution in [3.8, 4) is 5.75 Å². The van der Waals surface area contributed by atoms with Gasteiger partial charge in [0.05, 0.1) is 7.11 Å². The molecule has 0 heterocycles. The standard InChI is InChI=1S/C11H19N3O3S/c1-12-8-9-5-6-10(17-4)11(7-9)18(15,16)13-14(2)3/h5-7,12-13H,8H2,1-4H3. The van der Waals surface area contributed by atoms with E-state index in [2.05, 4.69) is 10.1 Å². The molecule has 0 aromatic heterocycles. The van der Waals surface area contributed by atoms with Crippen LogP contribution >= 0.6 is 0 Å². The van der Waals surface area contributed by atoms with Crippen molar-refractivity contribution in [1.29, 1.82) is 0 Å². The lowest BCUT2D eigenvalue weighted by molar-refractivity contribution is 0.360. The normalized spacial score (nSPS) is 11.8. The summed E-state index contributed by atoms with van der Waals surface area (Å²) < 4.78 is 29.3. The maximum atomic E-state index is 12.1. The number of ether oxygens (including phenoxy) is 1. The summed E-state index contributed by atoms with van der Waals surface area (Å²) >= 11 is 0. The third kappa shape index (κ3) is 3.67. The Morgan fingerprint density at radius 1 is 1.33 bits per heavy atom. The van der Waals surface area contributed by atoms with Crippen molar-refractivity contribution in [1.82, 2.24) is 15.2 Å². The van der Waals surface area contributed by atoms with Gasteiger partial charge in [-0.05, 0) is 24.7 Å². The topological polar surface area (TPSA) is 70.7 Å². The fourth-order valence-corrected chi connectivity index (χ4v) is 2.84. The SMILES string of the molecule is CNCc1ccc(OC)c(S(=O)(=O)NN(C)C)c1. The Labute approximate surface area is 108 Å². The summed E-state index contributed by atoms with van der Waals surface area (Å²) in [4.78, 5) is 2.52. The van der Waals surface area contributed by atoms with Crippen LogP contribution in [0.15, 0.2) is 23.1 Å². The monoisotopic (exact) mass is 273 g/mol. The van der Waals surface area contributed by atoms with E-state index < -0.39 is 10.0 Å². The zero-order valence-corrected chi connectivity index (χ0v) is 11.8. The van der Waals surface area contributed by atoms with Gasteiger partial charge in [-0.1, -0.05) is 6.07 Å². The first-order chi connectivity index (χ1) is 8.40. The second kappa shape index (κ2) is 6.14. The van der Waals surface area contributed by atoms with Gasteiger partial charge in [-0.25, -0.2) is 13.4 Å². The molecule has 0 saturated carbocycles. The van der Waals surface area contributed by atoms with Crippen LogP contribution in [0, 0.1) is 0 Å². The minimum atomic E-state index is -3.62. The summed E-state index contributed by atoms with van der Waals surface area (Å²) in [5.41, 5.74) is 0.873. The molecule has 0 amide bonds. The first-order valence-electron chi connectivity index (χ1n) is 5.42. The van der Waals surface area contributed by atoms with Gasteiger partial charge in [0.15, 0.2) is 0 Å². The van der Waals surface area contributed by atoms with E-state index in [0.29, 0.717) is 12.3 Å². The van der Waals surface area contributed by atoms with Crippen molar-refractivity contribution < 1.29 is 13.2 Å². The van der Waals surface area contributed by atoms with Crippen molar-refractivity contribution in [2.45, 2.75) is 11.4 Å². The summed E-state index contributed by atoms with van der Waals surface area (Å²) in [5.74, 6) is 0.323. The van der Waals surface area contributed by atoms with E-state index in [0.717, 1.165) is 5.56 Å². The molecule has 0 spiro atoms. The number of hydrogen-bond acceptors (Lipinski definition) is 5. The van der Waals surface area contributed by atoms with Crippen LogP contribution in [0.2, 0.25) is 0 Å². The van der Waals surface area contributed by atoms with Gasteiger partial charge in [0.1, 0.15) is 10.6 Å². The fraction of sp³-hybridized carbons (Fsp3) is 0.455. The van der Waals surface area contributed by atoms with Gasteiger partial charge >= 0.3 is 0 Å². The Hall–Kier alpha value is -1.15. The molecule has 18 heavy (non-hydrogen) atoms. The number of nitrogens with one attached hydrogen (secondary N) is 2. The molecule has 6 nitrogen and oxygen atoms in total. The molecule has 2 N–H and O–H groups in total. The van der Waals surface area contributed by atoms with E-state index in [1.807, 2.05) is 6.07 Å². The van der Waals surface area contributed by atoms with Crippen molar-refractivity contribution in [2.24, 2.45) is 0 Å². The molecular weight excluding hydrogens is 254 g/mol. The van der Waals surface area contributed by atoms with Gasteiger partial charge in [-0.2, -0.15) is 0 Å². The summed E-state index contributed by atoms with van der Waals surface area (Å²) in [5, 5.41) is 4.35. The van der Waals surface area contributed by atoms with Gasteiger partial charge in [0, 0.05) is 20.6 Å². The Bertz CT molecular complexity index is 500. The van der Waals surface area contributed by atoms with E-state index >= 15 is 0 Å². The van der Waals surface area contributed by atoms with Crippen molar-refractivity contribution in [3.05, 3.63) is 23.8 Å². The molecule has 1 aromatic carbocycles. The zero-order valence-electron chi connectivity index (χ0n) is 11.0. The molecule has 7 heteroatoms. The highest BCUT2D eigenvalue weighted by Crippen LogP contribution is 2.24. The maximum absolute atomic E-state index is 12.1. The van der Waals surface area contributed by atoms with Crippen LogP contribution in [0.5, 0.6) is 5.75 Å². The number of sulfonamides is 1. The van der Waals surface area contributed by atoms with Crippen molar-refractivity contribution >= 4 is 10.0 Å². The molecule has 0 saturated heterocycles. The lowest BCUT2D eigenvalue weighted by Gasteiger charge is -2.15. The first kappa shape index (κ1) is 14.9. The van der Waals surface area contributed by atoms with E-state index in [4.69, 9.17) is 4.74 Å². The summed E-state index contributed by atoms with van der Waals surface area (Å²) in [6, 6.07) is 5.07. The molecule has 0 aliphatic rings. The Balaban J connectivity index is 3.23. The van der Waals surface area contributed by atoms with Crippen LogP contribution in [0.25, 0.3) is 0 Å². The van der Waals surface area contributed by atoms with Gasteiger partial charge in [0.2, 0.25) is 0 Å². The molecule has 1 rings (SSSR count). The zero-order chi connectivity index (χ0) is 13.8. The maximum Gasteiger partial charge on any atom is 0.257 e. The highest BCUT2D eigenvalue weighted by atomic mass is 32.2. The molecule has 0 bridgehead atoms. The number of hydrogen-bond donors (Lipinski definition) is 2. The van der Waals surface area contributed by atoms with E-state index in [-0.39, 0.29) is 4.90 Å². The fourth-order valence-electron chi connectivity index (χ4n) is 1.53. The Kier molecular flexibility index (Phi) is 5.09. The van der Waals surface area contributed by atoms with Crippen LogP contribution in [0.3, 0.4) is 0 Å². The van der Waals surface area contributed by atoms with E-state index in [1.165, 1.54) is 12.1 Å². The molecule has 0 unspecified atom stereocenters. The van der Waals surface area contributed by atoms with Gasteiger partial charge in [-0.3, -0.25) is 0 Å². The summed E-state index contributed by atoms with van der Waals surface area (Å²) in [6.07, 6.45) is 0. The predicted octanol–water partition coefficient (Wildman–Crippen LogP) is 0.170. The first-order valence-corrected chi connectivity index (χ1v) is 6.90. The van der Waals surface area contributed by atoms with Gasteiger partial charge in [0.25, 0.3) is 10.0 Å². The minimum absolute atomic E-state index is 0.131. The van der Waals surface area contributed by atoms with Crippen molar-refractivity contribution in [3.63, 3.8) is 0 Å². The van der Waals surface area contributed by atoms with Crippen LogP contribution in [0.1, 0.15) is 5.56 Å². The predicted molar refractivity (Wildman–Crippen MR) is 69.8 cm³/mol. The van der Waals surface area contributed by atoms with Crippen LogP contribution < -0.4 is 14.9 Å². The van der Waals surface area contributed by atoms with E-state index in [9.17, 15) is 8.42 Å². The molecule has 1 aromatic rings. The summed E-state index contributed by atoms with van der Waals surface area (Å²) in [7, 11) is 2.85. The number of nitrogens with zero attached hydrogens (tertiary/aromatic N) is 1. The molecule has 0 aliphatic carbocycles. The third-order valence-electron chi connectivity index (χ3n) is 2.20. The second-order valence-electron chi connectivity index (χ2n) is 4.00. The van der Waals surface area contributed by atoms with Crippen LogP contribution in [-0.2, 0) is 16.6 Å². The highest BCUT2D eigenvalue weighted by molar-refractivity contribution is 7.89. The lowest BCUT2D eigenvalue weighted by Crippen LogP contribution is -2.36. The molecule has 0 aliphatic heterocycles. The van der Waals surface area contributed by atoms with Gasteiger partial charge in [-0.15, -0.1) is 4.83 Å². The molecule has 0 radical (unpaired) electrons. The largest absolute Gasteiger partial charge is 0.495 e. The number of benzene rings is 1. The quantitative estimate of drug-likeness (QED) is 0.723. The molecule has 102 valence electrons. The van der Waals surface area contributed by atoms with Crippen molar-refractivity contribution in [2.75, 3.05) is 28.3 Å². The average Bonchev–Trinajstić information content (AvgIpc) is 2.27. The Morgan fingerprint density at radius 3 is 2.50 bits per heavy atom. The molecule has 0 fully saturated rings. The second-order valence-corrected chi connectivity index (χ2v) is 5.63. The third-order valence-corrected chi connectivity index (χ3v) is 3.70. The summed E-state index contributed by atoms with van der Waals surface area (Å²) in [6.45, 7) is 0.592. The van der Waals surface area contributed by atoms with Crippen LogP contribution in [0.4, 0.5) is 0 Å². The number of hydrazine groups is 1. The Morgan fingerprint density at radius 2 is 2.00 bits per heavy atom. The lowest BCUT2D eigenvalue weighted by atomic mass is 10.2. The van der Waals surface area contributed by atoms with Gasteiger partial charge < -0.3 is 10.1 Å². The average molecular weight is 273 g/mol. The van der Waals surface area contributed by atoms with E-state index in [1.54, 1.807) is 33.3 Å². The molecular formula is C11H19N3O3S.